The minimum absolute atomic E-state index is 0.0398. The monoisotopic (exact) mass is 394 g/mol. The number of carbonyl (C=O) groups is 2. The van der Waals surface area contributed by atoms with Gasteiger partial charge < -0.3 is 10.6 Å². The van der Waals surface area contributed by atoms with Gasteiger partial charge in [-0.05, 0) is 60.7 Å². The van der Waals surface area contributed by atoms with Gasteiger partial charge in [0.15, 0.2) is 0 Å². The number of nitrogens with one attached hydrogen (secondary N) is 2. The van der Waals surface area contributed by atoms with Crippen LogP contribution in [0, 0.1) is 0 Å². The smallest absolute Gasteiger partial charge is 0.293 e. The Morgan fingerprint density at radius 1 is 1.07 bits per heavy atom. The molecule has 2 amide bonds. The van der Waals surface area contributed by atoms with Crippen molar-refractivity contribution in [1.82, 2.24) is 25.5 Å². The van der Waals surface area contributed by atoms with Gasteiger partial charge in [-0.15, -0.1) is 26.8 Å². The number of tetrazole rings is 1. The number of rotatable bonds is 6. The van der Waals surface area contributed by atoms with E-state index in [0.717, 1.165) is 17.7 Å². The normalized spacial score (nSPS) is 13.2. The molecule has 9 heteroatoms. The van der Waals surface area contributed by atoms with Gasteiger partial charge in [-0.2, -0.15) is 0 Å². The van der Waals surface area contributed by atoms with E-state index in [1.54, 1.807) is 30.3 Å². The van der Waals surface area contributed by atoms with Gasteiger partial charge in [0.2, 0.25) is 0 Å². The fourth-order valence-electron chi connectivity index (χ4n) is 2.60. The van der Waals surface area contributed by atoms with Crippen molar-refractivity contribution in [3.8, 4) is 5.69 Å². The minimum atomic E-state index is -0.315. The summed E-state index contributed by atoms with van der Waals surface area (Å²) < 4.78 is 0. The first kappa shape index (κ1) is 18.2. The lowest BCUT2D eigenvalue weighted by Gasteiger charge is -2.09. The van der Waals surface area contributed by atoms with Crippen LogP contribution in [0.5, 0.6) is 0 Å². The van der Waals surface area contributed by atoms with Crippen molar-refractivity contribution in [2.45, 2.75) is 23.8 Å². The van der Waals surface area contributed by atoms with Crippen LogP contribution in [-0.2, 0) is 0 Å². The molecule has 8 nitrogen and oxygen atoms in total. The number of hydrogen-bond acceptors (Lipinski definition) is 6. The summed E-state index contributed by atoms with van der Waals surface area (Å²) in [6.45, 7) is 0. The van der Waals surface area contributed by atoms with Crippen molar-refractivity contribution >= 4 is 29.3 Å². The second-order valence-corrected chi connectivity index (χ2v) is 7.20. The number of anilines is 1. The Kier molecular flexibility index (Phi) is 5.07. The summed E-state index contributed by atoms with van der Waals surface area (Å²) in [7, 11) is 0. The lowest BCUT2D eigenvalue weighted by Crippen LogP contribution is -2.26. The topological polar surface area (TPSA) is 102 Å². The Balaban J connectivity index is 1.44. The molecule has 28 heavy (non-hydrogen) atoms. The zero-order valence-electron chi connectivity index (χ0n) is 15.1. The summed E-state index contributed by atoms with van der Waals surface area (Å²) >= 11 is 1.53. The first-order valence-electron chi connectivity index (χ1n) is 8.80. The van der Waals surface area contributed by atoms with Gasteiger partial charge in [-0.25, -0.2) is 0 Å². The highest BCUT2D eigenvalue weighted by Crippen LogP contribution is 2.21. The summed E-state index contributed by atoms with van der Waals surface area (Å²) in [6.07, 6.45) is 3.92. The molecule has 3 aromatic rings. The van der Waals surface area contributed by atoms with E-state index in [9.17, 15) is 9.59 Å². The molecule has 4 rings (SSSR count). The zero-order valence-corrected chi connectivity index (χ0v) is 15.9. The van der Waals surface area contributed by atoms with E-state index in [1.807, 2.05) is 24.5 Å². The lowest BCUT2D eigenvalue weighted by molar-refractivity contribution is 0.0939. The van der Waals surface area contributed by atoms with Crippen LogP contribution in [0.4, 0.5) is 5.69 Å². The maximum Gasteiger partial charge on any atom is 0.293 e. The quantitative estimate of drug-likeness (QED) is 0.623. The van der Waals surface area contributed by atoms with Gasteiger partial charge in [0.1, 0.15) is 0 Å². The number of amides is 2. The molecule has 2 aromatic carbocycles. The largest absolute Gasteiger partial charge is 0.346 e. The van der Waals surface area contributed by atoms with Crippen molar-refractivity contribution < 1.29 is 9.59 Å². The average Bonchev–Trinajstić information content (AvgIpc) is 3.39. The summed E-state index contributed by atoms with van der Waals surface area (Å²) in [5.41, 5.74) is 1.92. The van der Waals surface area contributed by atoms with E-state index in [0.29, 0.717) is 16.9 Å². The highest BCUT2D eigenvalue weighted by atomic mass is 32.2. The van der Waals surface area contributed by atoms with Gasteiger partial charge in [0, 0.05) is 16.6 Å². The summed E-state index contributed by atoms with van der Waals surface area (Å²) in [6, 6.07) is 14.7. The molecule has 0 radical (unpaired) electrons. The van der Waals surface area contributed by atoms with E-state index in [4.69, 9.17) is 0 Å². The van der Waals surface area contributed by atoms with Gasteiger partial charge in [0.05, 0.1) is 11.3 Å². The van der Waals surface area contributed by atoms with Gasteiger partial charge in [0.25, 0.3) is 17.6 Å². The molecule has 0 saturated heterocycles. The van der Waals surface area contributed by atoms with Crippen molar-refractivity contribution in [3.05, 3.63) is 59.9 Å². The molecule has 1 heterocycles. The highest BCUT2D eigenvalue weighted by Gasteiger charge is 2.25. The van der Waals surface area contributed by atoms with Crippen molar-refractivity contribution in [2.24, 2.45) is 0 Å². The number of hydrogen-bond donors (Lipinski definition) is 2. The second-order valence-electron chi connectivity index (χ2n) is 6.35. The van der Waals surface area contributed by atoms with Crippen LogP contribution in [0.2, 0.25) is 0 Å². The van der Waals surface area contributed by atoms with Crippen LogP contribution in [0.15, 0.2) is 53.4 Å². The SMILES string of the molecule is CSc1ccccc1C(=O)Nc1ccc(-n2nnc(C(=O)NC3CC3)n2)cc1. The van der Waals surface area contributed by atoms with Gasteiger partial charge in [-0.1, -0.05) is 12.1 Å². The molecule has 1 aromatic heterocycles. The Bertz CT molecular complexity index is 1010. The van der Waals surface area contributed by atoms with Crippen LogP contribution in [0.25, 0.3) is 5.69 Å². The molecular weight excluding hydrogens is 376 g/mol. The number of aromatic nitrogens is 4. The Hall–Kier alpha value is -3.20. The molecule has 0 bridgehead atoms. The van der Waals surface area contributed by atoms with Crippen molar-refractivity contribution in [1.29, 1.82) is 0 Å². The number of benzene rings is 2. The number of thioether (sulfide) groups is 1. The molecule has 0 atom stereocenters. The third kappa shape index (κ3) is 4.04. The summed E-state index contributed by atoms with van der Waals surface area (Å²) in [5, 5.41) is 17.5. The average molecular weight is 394 g/mol. The van der Waals surface area contributed by atoms with Crippen LogP contribution >= 0.6 is 11.8 Å². The van der Waals surface area contributed by atoms with Crippen LogP contribution in [0.3, 0.4) is 0 Å². The number of carbonyl (C=O) groups excluding carboxylic acids is 2. The van der Waals surface area contributed by atoms with Crippen molar-refractivity contribution in [2.75, 3.05) is 11.6 Å². The molecule has 142 valence electrons. The highest BCUT2D eigenvalue weighted by molar-refractivity contribution is 7.98. The van der Waals surface area contributed by atoms with E-state index in [1.165, 1.54) is 16.6 Å². The Morgan fingerprint density at radius 3 is 2.54 bits per heavy atom. The predicted molar refractivity (Wildman–Crippen MR) is 106 cm³/mol. The van der Waals surface area contributed by atoms with Crippen LogP contribution in [0.1, 0.15) is 33.8 Å². The molecule has 0 spiro atoms. The van der Waals surface area contributed by atoms with E-state index in [-0.39, 0.29) is 23.7 Å². The zero-order chi connectivity index (χ0) is 19.5. The Labute approximate surface area is 165 Å². The molecule has 1 aliphatic rings. The van der Waals surface area contributed by atoms with E-state index >= 15 is 0 Å². The summed E-state index contributed by atoms with van der Waals surface area (Å²) in [4.78, 5) is 26.7. The van der Waals surface area contributed by atoms with Gasteiger partial charge in [-0.3, -0.25) is 9.59 Å². The molecule has 2 N–H and O–H groups in total. The first-order chi connectivity index (χ1) is 13.6. The molecule has 0 unspecified atom stereocenters. The third-order valence-corrected chi connectivity index (χ3v) is 5.03. The fourth-order valence-corrected chi connectivity index (χ4v) is 3.20. The fraction of sp³-hybridized carbons (Fsp3) is 0.211. The maximum absolute atomic E-state index is 12.5. The van der Waals surface area contributed by atoms with E-state index in [2.05, 4.69) is 26.0 Å². The maximum atomic E-state index is 12.5. The molecule has 1 fully saturated rings. The third-order valence-electron chi connectivity index (χ3n) is 4.24. The predicted octanol–water partition coefficient (Wildman–Crippen LogP) is 2.53. The minimum Gasteiger partial charge on any atom is -0.346 e. The first-order valence-corrected chi connectivity index (χ1v) is 10.0. The summed E-state index contributed by atoms with van der Waals surface area (Å²) in [5.74, 6) is -0.446. The number of nitrogens with zero attached hydrogens (tertiary/aromatic N) is 4. The lowest BCUT2D eigenvalue weighted by atomic mass is 10.2. The standard InChI is InChI=1S/C19H18N6O2S/c1-28-16-5-3-2-4-15(16)18(26)20-13-8-10-14(11-9-13)25-23-17(22-24-25)19(27)21-12-6-7-12/h2-5,8-12H,6-7H2,1H3,(H,20,26)(H,21,27). The molecule has 1 saturated carbocycles. The van der Waals surface area contributed by atoms with Gasteiger partial charge >= 0.3 is 0 Å². The van der Waals surface area contributed by atoms with Crippen LogP contribution in [-0.4, -0.2) is 44.3 Å². The van der Waals surface area contributed by atoms with Crippen molar-refractivity contribution in [3.63, 3.8) is 0 Å². The Morgan fingerprint density at radius 2 is 1.82 bits per heavy atom. The van der Waals surface area contributed by atoms with Crippen LogP contribution < -0.4 is 10.6 Å². The molecule has 0 aliphatic heterocycles. The molecule has 1 aliphatic carbocycles. The van der Waals surface area contributed by atoms with E-state index < -0.39 is 0 Å². The molecular formula is C19H18N6O2S. The second kappa shape index (κ2) is 7.81.